The predicted octanol–water partition coefficient (Wildman–Crippen LogP) is 4.26. The molecular weight excluding hydrogens is 432 g/mol. The van der Waals surface area contributed by atoms with Crippen molar-refractivity contribution >= 4 is 22.8 Å². The second-order valence-electron chi connectivity index (χ2n) is 7.79. The van der Waals surface area contributed by atoms with Gasteiger partial charge in [-0.2, -0.15) is 0 Å². The molecule has 0 aliphatic rings. The fourth-order valence-corrected chi connectivity index (χ4v) is 3.87. The molecule has 3 aromatic carbocycles. The minimum Gasteiger partial charge on any atom is -0.497 e. The molecule has 4 aromatic rings. The van der Waals surface area contributed by atoms with Crippen LogP contribution in [0.1, 0.15) is 27.5 Å². The fourth-order valence-electron chi connectivity index (χ4n) is 3.87. The number of hydrogen-bond donors (Lipinski definition) is 1. The fraction of sp³-hybridized carbons (Fsp3) is 0.185. The van der Waals surface area contributed by atoms with Crippen molar-refractivity contribution in [3.63, 3.8) is 0 Å². The maximum atomic E-state index is 12.8. The van der Waals surface area contributed by atoms with E-state index in [4.69, 9.17) is 14.2 Å². The molecule has 1 amide bonds. The predicted molar refractivity (Wildman–Crippen MR) is 129 cm³/mol. The molecule has 174 valence electrons. The van der Waals surface area contributed by atoms with Crippen LogP contribution in [-0.4, -0.2) is 37.3 Å². The van der Waals surface area contributed by atoms with Crippen LogP contribution in [0.3, 0.4) is 0 Å². The lowest BCUT2D eigenvalue weighted by molar-refractivity contribution is -0.124. The summed E-state index contributed by atoms with van der Waals surface area (Å²) in [5.41, 5.74) is 3.06. The Bertz CT molecular complexity index is 1250. The van der Waals surface area contributed by atoms with Gasteiger partial charge in [0, 0.05) is 24.1 Å². The van der Waals surface area contributed by atoms with Crippen molar-refractivity contribution in [2.45, 2.75) is 6.04 Å². The molecule has 1 aromatic heterocycles. The van der Waals surface area contributed by atoms with Crippen molar-refractivity contribution in [2.75, 3.05) is 20.8 Å². The first-order chi connectivity index (χ1) is 16.5. The molecule has 4 rings (SSSR count). The van der Waals surface area contributed by atoms with Gasteiger partial charge in [0.05, 0.1) is 25.8 Å². The highest BCUT2D eigenvalue weighted by Gasteiger charge is 2.20. The average Bonchev–Trinajstić information content (AvgIpc) is 3.22. The number of nitrogens with one attached hydrogen (secondary N) is 1. The van der Waals surface area contributed by atoms with Crippen LogP contribution >= 0.6 is 0 Å². The largest absolute Gasteiger partial charge is 0.497 e. The number of nitrogens with zero attached hydrogens (tertiary/aromatic N) is 1. The van der Waals surface area contributed by atoms with Gasteiger partial charge >= 0.3 is 5.97 Å². The molecule has 0 aliphatic heterocycles. The summed E-state index contributed by atoms with van der Waals surface area (Å²) in [5.74, 6) is 0.475. The van der Waals surface area contributed by atoms with Gasteiger partial charge in [0.2, 0.25) is 0 Å². The first-order valence-electron chi connectivity index (χ1n) is 10.8. The highest BCUT2D eigenvalue weighted by Crippen LogP contribution is 2.26. The Balaban J connectivity index is 1.49. The summed E-state index contributed by atoms with van der Waals surface area (Å²) < 4.78 is 17.7. The molecule has 0 bridgehead atoms. The first kappa shape index (κ1) is 22.9. The van der Waals surface area contributed by atoms with E-state index in [9.17, 15) is 9.59 Å². The maximum absolute atomic E-state index is 12.8. The Labute approximate surface area is 197 Å². The number of aromatic nitrogens is 1. The Morgan fingerprint density at radius 1 is 0.853 bits per heavy atom. The third kappa shape index (κ3) is 4.88. The summed E-state index contributed by atoms with van der Waals surface area (Å²) in [6.07, 6.45) is 1.71. The van der Waals surface area contributed by atoms with E-state index < -0.39 is 24.5 Å². The van der Waals surface area contributed by atoms with Gasteiger partial charge in [-0.25, -0.2) is 4.79 Å². The van der Waals surface area contributed by atoms with Gasteiger partial charge in [0.15, 0.2) is 6.61 Å². The van der Waals surface area contributed by atoms with Crippen LogP contribution in [0, 0.1) is 0 Å². The Morgan fingerprint density at radius 3 is 1.97 bits per heavy atom. The van der Waals surface area contributed by atoms with E-state index in [1.807, 2.05) is 84.4 Å². The SMILES string of the molecule is COc1ccc(C(NC(=O)COC(=O)c2cn(C)c3ccccc23)c2ccc(OC)cc2)cc1. The zero-order chi connectivity index (χ0) is 24.1. The summed E-state index contributed by atoms with van der Waals surface area (Å²) in [5, 5.41) is 3.75. The molecule has 1 heterocycles. The van der Waals surface area contributed by atoms with Crippen LogP contribution in [0.4, 0.5) is 0 Å². The topological polar surface area (TPSA) is 78.8 Å². The van der Waals surface area contributed by atoms with E-state index >= 15 is 0 Å². The van der Waals surface area contributed by atoms with Crippen molar-refractivity contribution in [3.05, 3.63) is 95.7 Å². The van der Waals surface area contributed by atoms with E-state index in [2.05, 4.69) is 5.32 Å². The molecule has 0 saturated heterocycles. The van der Waals surface area contributed by atoms with Crippen molar-refractivity contribution in [3.8, 4) is 11.5 Å². The summed E-state index contributed by atoms with van der Waals surface area (Å²) >= 11 is 0. The molecule has 7 heteroatoms. The lowest BCUT2D eigenvalue weighted by atomic mass is 9.98. The van der Waals surface area contributed by atoms with Gasteiger partial charge < -0.3 is 24.1 Å². The van der Waals surface area contributed by atoms with Crippen molar-refractivity contribution in [1.29, 1.82) is 0 Å². The van der Waals surface area contributed by atoms with Crippen molar-refractivity contribution < 1.29 is 23.8 Å². The number of hydrogen-bond acceptors (Lipinski definition) is 5. The van der Waals surface area contributed by atoms with Crippen LogP contribution in [0.5, 0.6) is 11.5 Å². The van der Waals surface area contributed by atoms with Crippen LogP contribution in [-0.2, 0) is 16.6 Å². The first-order valence-corrected chi connectivity index (χ1v) is 10.8. The molecule has 0 saturated carbocycles. The molecule has 0 fully saturated rings. The van der Waals surface area contributed by atoms with Gasteiger partial charge in [-0.15, -0.1) is 0 Å². The number of fused-ring (bicyclic) bond motifs is 1. The molecule has 7 nitrogen and oxygen atoms in total. The standard InChI is InChI=1S/C27H26N2O5/c1-29-16-23(22-6-4-5-7-24(22)29)27(31)34-17-25(30)28-26(18-8-12-20(32-2)13-9-18)19-10-14-21(33-3)15-11-19/h4-16,26H,17H2,1-3H3,(H,28,30). The normalized spacial score (nSPS) is 10.8. The summed E-state index contributed by atoms with van der Waals surface area (Å²) in [6, 6.07) is 22.0. The number of rotatable bonds is 8. The van der Waals surface area contributed by atoms with Crippen molar-refractivity contribution in [2.24, 2.45) is 7.05 Å². The Hall–Kier alpha value is -4.26. The number of esters is 1. The molecular formula is C27H26N2O5. The number of carbonyl (C=O) groups is 2. The van der Waals surface area contributed by atoms with Gasteiger partial charge in [-0.05, 0) is 41.5 Å². The molecule has 1 N–H and O–H groups in total. The summed E-state index contributed by atoms with van der Waals surface area (Å²) in [6.45, 7) is -0.398. The second kappa shape index (κ2) is 10.1. The van der Waals surface area contributed by atoms with E-state index in [-0.39, 0.29) is 0 Å². The lowest BCUT2D eigenvalue weighted by Gasteiger charge is -2.20. The number of amides is 1. The van der Waals surface area contributed by atoms with E-state index in [1.165, 1.54) is 0 Å². The number of benzene rings is 3. The monoisotopic (exact) mass is 458 g/mol. The quantitative estimate of drug-likeness (QED) is 0.399. The summed E-state index contributed by atoms with van der Waals surface area (Å²) in [4.78, 5) is 25.5. The molecule has 0 radical (unpaired) electrons. The minimum atomic E-state index is -0.544. The van der Waals surface area contributed by atoms with Gasteiger partial charge in [0.25, 0.3) is 5.91 Å². The number of carbonyl (C=O) groups excluding carboxylic acids is 2. The maximum Gasteiger partial charge on any atom is 0.340 e. The smallest absolute Gasteiger partial charge is 0.340 e. The molecule has 0 aliphatic carbocycles. The van der Waals surface area contributed by atoms with E-state index in [0.717, 1.165) is 22.0 Å². The highest BCUT2D eigenvalue weighted by atomic mass is 16.5. The van der Waals surface area contributed by atoms with Gasteiger partial charge in [-0.1, -0.05) is 42.5 Å². The zero-order valence-corrected chi connectivity index (χ0v) is 19.3. The molecule has 0 spiro atoms. The van der Waals surface area contributed by atoms with Crippen LogP contribution in [0.25, 0.3) is 10.9 Å². The third-order valence-corrected chi connectivity index (χ3v) is 5.65. The van der Waals surface area contributed by atoms with E-state index in [1.54, 1.807) is 20.4 Å². The average molecular weight is 459 g/mol. The molecule has 0 atom stereocenters. The van der Waals surface area contributed by atoms with E-state index in [0.29, 0.717) is 17.1 Å². The Kier molecular flexibility index (Phi) is 6.82. The Morgan fingerprint density at radius 2 is 1.41 bits per heavy atom. The van der Waals surface area contributed by atoms with Crippen molar-refractivity contribution in [1.82, 2.24) is 9.88 Å². The highest BCUT2D eigenvalue weighted by molar-refractivity contribution is 6.04. The summed E-state index contributed by atoms with van der Waals surface area (Å²) in [7, 11) is 5.06. The zero-order valence-electron chi connectivity index (χ0n) is 19.3. The number of aryl methyl sites for hydroxylation is 1. The van der Waals surface area contributed by atoms with Crippen LogP contribution < -0.4 is 14.8 Å². The number of methoxy groups -OCH3 is 2. The minimum absolute atomic E-state index is 0.398. The van der Waals surface area contributed by atoms with Gasteiger partial charge in [-0.3, -0.25) is 4.79 Å². The second-order valence-corrected chi connectivity index (χ2v) is 7.79. The van der Waals surface area contributed by atoms with Gasteiger partial charge in [0.1, 0.15) is 11.5 Å². The third-order valence-electron chi connectivity index (χ3n) is 5.65. The van der Waals surface area contributed by atoms with Crippen LogP contribution in [0.2, 0.25) is 0 Å². The number of ether oxygens (including phenoxy) is 3. The van der Waals surface area contributed by atoms with Crippen LogP contribution in [0.15, 0.2) is 79.0 Å². The molecule has 0 unspecified atom stereocenters. The molecule has 34 heavy (non-hydrogen) atoms. The lowest BCUT2D eigenvalue weighted by Crippen LogP contribution is -2.33. The number of para-hydroxylation sites is 1.